The Bertz CT molecular complexity index is 957. The molecule has 2 heterocycles. The summed E-state index contributed by atoms with van der Waals surface area (Å²) in [4.78, 5) is 20.1. The number of carbonyl (C=O) groups is 1. The van der Waals surface area contributed by atoms with Gasteiger partial charge in [-0.2, -0.15) is 5.10 Å². The molecular weight excluding hydrogens is 344 g/mol. The summed E-state index contributed by atoms with van der Waals surface area (Å²) in [7, 11) is 0. The number of hydrogen-bond donors (Lipinski definition) is 2. The first kappa shape index (κ1) is 18.6. The fourth-order valence-corrected chi connectivity index (χ4v) is 2.74. The zero-order chi connectivity index (χ0) is 19.6. The number of nitrogens with zero attached hydrogens (tertiary/aromatic N) is 4. The van der Waals surface area contributed by atoms with Gasteiger partial charge >= 0.3 is 6.09 Å². The molecule has 3 N–H and O–H groups in total. The van der Waals surface area contributed by atoms with Crippen molar-refractivity contribution in [2.45, 2.75) is 46.4 Å². The van der Waals surface area contributed by atoms with E-state index in [1.807, 2.05) is 56.6 Å². The van der Waals surface area contributed by atoms with Gasteiger partial charge in [-0.05, 0) is 38.8 Å². The van der Waals surface area contributed by atoms with E-state index in [0.29, 0.717) is 18.9 Å². The molecule has 0 spiro atoms. The Morgan fingerprint density at radius 2 is 1.85 bits per heavy atom. The maximum atomic E-state index is 11.7. The number of aromatic nitrogens is 4. The van der Waals surface area contributed by atoms with Gasteiger partial charge in [0.2, 0.25) is 0 Å². The zero-order valence-electron chi connectivity index (χ0n) is 16.0. The van der Waals surface area contributed by atoms with Gasteiger partial charge < -0.3 is 15.8 Å². The van der Waals surface area contributed by atoms with E-state index >= 15 is 0 Å². The number of carbonyl (C=O) groups excluding carboxylic acids is 1. The van der Waals surface area contributed by atoms with Crippen LogP contribution in [0.15, 0.2) is 30.6 Å². The minimum absolute atomic E-state index is 0.406. The number of rotatable bonds is 4. The van der Waals surface area contributed by atoms with Crippen molar-refractivity contribution in [3.63, 3.8) is 0 Å². The number of fused-ring (bicyclic) bond motifs is 1. The summed E-state index contributed by atoms with van der Waals surface area (Å²) in [6.07, 6.45) is 1.02. The van der Waals surface area contributed by atoms with E-state index in [-0.39, 0.29) is 0 Å². The summed E-state index contributed by atoms with van der Waals surface area (Å²) in [5.74, 6) is 0.437. The number of ether oxygens (including phenoxy) is 1. The number of alkyl carbamates (subject to hydrolysis) is 1. The maximum absolute atomic E-state index is 11.7. The molecule has 0 aliphatic heterocycles. The van der Waals surface area contributed by atoms with Crippen molar-refractivity contribution in [1.82, 2.24) is 25.1 Å². The summed E-state index contributed by atoms with van der Waals surface area (Å²) in [5, 5.41) is 8.06. The minimum atomic E-state index is -0.508. The molecule has 0 atom stereocenters. The Kier molecular flexibility index (Phi) is 4.98. The van der Waals surface area contributed by atoms with Crippen molar-refractivity contribution in [2.24, 2.45) is 0 Å². The van der Waals surface area contributed by atoms with Crippen molar-refractivity contribution in [2.75, 3.05) is 5.73 Å². The molecule has 142 valence electrons. The third-order valence-electron chi connectivity index (χ3n) is 3.92. The van der Waals surface area contributed by atoms with Gasteiger partial charge in [-0.15, -0.1) is 0 Å². The fraction of sp³-hybridized carbons (Fsp3) is 0.368. The van der Waals surface area contributed by atoms with Crippen LogP contribution in [0.25, 0.3) is 11.0 Å². The molecular formula is C19H24N6O2. The molecule has 0 saturated carbocycles. The van der Waals surface area contributed by atoms with Crippen LogP contribution in [-0.2, 0) is 17.8 Å². The number of hydrogen-bond acceptors (Lipinski definition) is 6. The van der Waals surface area contributed by atoms with Crippen molar-refractivity contribution in [3.05, 3.63) is 47.4 Å². The Morgan fingerprint density at radius 3 is 2.52 bits per heavy atom. The number of nitrogens with one attached hydrogen (secondary N) is 1. The molecule has 0 saturated heterocycles. The average molecular weight is 368 g/mol. The molecule has 27 heavy (non-hydrogen) atoms. The van der Waals surface area contributed by atoms with Crippen LogP contribution in [0.1, 0.15) is 37.6 Å². The third kappa shape index (κ3) is 4.52. The van der Waals surface area contributed by atoms with Gasteiger partial charge in [0.25, 0.3) is 0 Å². The molecule has 0 aliphatic carbocycles. The summed E-state index contributed by atoms with van der Waals surface area (Å²) >= 11 is 0. The molecule has 1 aromatic carbocycles. The lowest BCUT2D eigenvalue weighted by Gasteiger charge is -2.19. The second-order valence-corrected chi connectivity index (χ2v) is 7.37. The number of nitrogens with two attached hydrogens (primary N) is 1. The van der Waals surface area contributed by atoms with Gasteiger partial charge in [-0.1, -0.05) is 24.3 Å². The van der Waals surface area contributed by atoms with Crippen LogP contribution in [-0.4, -0.2) is 31.4 Å². The highest BCUT2D eigenvalue weighted by Gasteiger charge is 2.16. The number of amides is 1. The topological polar surface area (TPSA) is 108 Å². The number of aryl methyl sites for hydroxylation is 1. The average Bonchev–Trinajstić information content (AvgIpc) is 2.90. The van der Waals surface area contributed by atoms with E-state index in [1.54, 1.807) is 0 Å². The maximum Gasteiger partial charge on any atom is 0.407 e. The molecule has 0 radical (unpaired) electrons. The predicted octanol–water partition coefficient (Wildman–Crippen LogP) is 2.79. The third-order valence-corrected chi connectivity index (χ3v) is 3.92. The van der Waals surface area contributed by atoms with Crippen LogP contribution in [0.5, 0.6) is 0 Å². The first-order valence-electron chi connectivity index (χ1n) is 8.71. The van der Waals surface area contributed by atoms with E-state index in [4.69, 9.17) is 10.5 Å². The van der Waals surface area contributed by atoms with Gasteiger partial charge in [-0.3, -0.25) is 0 Å². The largest absolute Gasteiger partial charge is 0.444 e. The zero-order valence-corrected chi connectivity index (χ0v) is 16.0. The molecule has 0 fully saturated rings. The van der Waals surface area contributed by atoms with Crippen LogP contribution >= 0.6 is 0 Å². The number of nitrogen functional groups attached to an aromatic ring is 1. The van der Waals surface area contributed by atoms with Crippen LogP contribution in [0.2, 0.25) is 0 Å². The van der Waals surface area contributed by atoms with Gasteiger partial charge in [0.05, 0.1) is 17.6 Å². The van der Waals surface area contributed by atoms with Crippen molar-refractivity contribution >= 4 is 22.9 Å². The first-order chi connectivity index (χ1) is 12.7. The smallest absolute Gasteiger partial charge is 0.407 e. The standard InChI is InChI=1S/C19H24N6O2/c1-12-15-16(20)22-11-23-17(15)25(24-12)10-14-7-5-13(6-8-14)9-21-18(26)27-19(2,3)4/h5-8,11H,9-10H2,1-4H3,(H,21,26)(H2,20,22,23). The highest BCUT2D eigenvalue weighted by molar-refractivity contribution is 5.87. The quantitative estimate of drug-likeness (QED) is 0.733. The summed E-state index contributed by atoms with van der Waals surface area (Å²) < 4.78 is 7.05. The highest BCUT2D eigenvalue weighted by atomic mass is 16.6. The number of benzene rings is 1. The lowest BCUT2D eigenvalue weighted by atomic mass is 10.1. The first-order valence-corrected chi connectivity index (χ1v) is 8.71. The van der Waals surface area contributed by atoms with Gasteiger partial charge in [-0.25, -0.2) is 19.4 Å². The summed E-state index contributed by atoms with van der Waals surface area (Å²) in [6.45, 7) is 8.37. The minimum Gasteiger partial charge on any atom is -0.444 e. The Labute approximate surface area is 157 Å². The number of anilines is 1. The van der Waals surface area contributed by atoms with Crippen LogP contribution < -0.4 is 11.1 Å². The van der Waals surface area contributed by atoms with Gasteiger partial charge in [0, 0.05) is 6.54 Å². The summed E-state index contributed by atoms with van der Waals surface area (Å²) in [6, 6.07) is 7.93. The normalized spacial score (nSPS) is 11.6. The van der Waals surface area contributed by atoms with E-state index in [9.17, 15) is 4.79 Å². The molecule has 3 rings (SSSR count). The monoisotopic (exact) mass is 368 g/mol. The van der Waals surface area contributed by atoms with Gasteiger partial charge in [0.15, 0.2) is 5.65 Å². The molecule has 1 amide bonds. The highest BCUT2D eigenvalue weighted by Crippen LogP contribution is 2.21. The Morgan fingerprint density at radius 1 is 1.19 bits per heavy atom. The molecule has 0 bridgehead atoms. The van der Waals surface area contributed by atoms with Crippen LogP contribution in [0, 0.1) is 6.92 Å². The molecule has 8 nitrogen and oxygen atoms in total. The second-order valence-electron chi connectivity index (χ2n) is 7.37. The fourth-order valence-electron chi connectivity index (χ4n) is 2.74. The van der Waals surface area contributed by atoms with Crippen molar-refractivity contribution in [3.8, 4) is 0 Å². The molecule has 3 aromatic rings. The van der Waals surface area contributed by atoms with E-state index in [1.165, 1.54) is 6.33 Å². The molecule has 0 unspecified atom stereocenters. The van der Waals surface area contributed by atoms with Crippen LogP contribution in [0.4, 0.5) is 10.6 Å². The predicted molar refractivity (Wildman–Crippen MR) is 103 cm³/mol. The second kappa shape index (κ2) is 7.22. The van der Waals surface area contributed by atoms with Crippen LogP contribution in [0.3, 0.4) is 0 Å². The lowest BCUT2D eigenvalue weighted by molar-refractivity contribution is 0.0523. The van der Waals surface area contributed by atoms with Crippen molar-refractivity contribution in [1.29, 1.82) is 0 Å². The molecule has 2 aromatic heterocycles. The SMILES string of the molecule is Cc1nn(Cc2ccc(CNC(=O)OC(C)(C)C)cc2)c2ncnc(N)c12. The van der Waals surface area contributed by atoms with E-state index < -0.39 is 11.7 Å². The summed E-state index contributed by atoms with van der Waals surface area (Å²) in [5.41, 5.74) is 9.00. The molecule has 8 heteroatoms. The van der Waals surface area contributed by atoms with Gasteiger partial charge in [0.1, 0.15) is 17.7 Å². The van der Waals surface area contributed by atoms with E-state index in [0.717, 1.165) is 27.9 Å². The lowest BCUT2D eigenvalue weighted by Crippen LogP contribution is -2.32. The van der Waals surface area contributed by atoms with Crippen molar-refractivity contribution < 1.29 is 9.53 Å². The Balaban J connectivity index is 1.67. The molecule has 0 aliphatic rings. The van der Waals surface area contributed by atoms with E-state index in [2.05, 4.69) is 20.4 Å². The Hall–Kier alpha value is -3.16.